The van der Waals surface area contributed by atoms with Crippen molar-refractivity contribution in [3.05, 3.63) is 55.3 Å². The molecule has 19 heavy (non-hydrogen) atoms. The third-order valence-corrected chi connectivity index (χ3v) is 3.70. The number of rotatable bonds is 3. The van der Waals surface area contributed by atoms with Gasteiger partial charge in [-0.1, -0.05) is 6.07 Å². The van der Waals surface area contributed by atoms with Gasteiger partial charge in [0.25, 0.3) is 5.91 Å². The lowest BCUT2D eigenvalue weighted by Gasteiger charge is -2.04. The molecule has 0 saturated heterocycles. The molecular weight excluding hydrogens is 361 g/mol. The number of carbonyl (C=O) groups excluding carboxylic acids is 1. The monoisotopic (exact) mass is 371 g/mol. The van der Waals surface area contributed by atoms with Crippen LogP contribution in [-0.4, -0.2) is 15.8 Å². The summed E-state index contributed by atoms with van der Waals surface area (Å²) in [6, 6.07) is 8.16. The first-order valence-electron chi connectivity index (χ1n) is 5.38. The summed E-state index contributed by atoms with van der Waals surface area (Å²) >= 11 is 2.18. The summed E-state index contributed by atoms with van der Waals surface area (Å²) in [7, 11) is 0. The van der Waals surface area contributed by atoms with E-state index in [0.29, 0.717) is 5.69 Å². The summed E-state index contributed by atoms with van der Waals surface area (Å²) in [6.45, 7) is 1.97. The minimum atomic E-state index is -0.578. The number of aryl methyl sites for hydroxylation is 1. The summed E-state index contributed by atoms with van der Waals surface area (Å²) in [5.74, 6) is -0.614. The number of nitro groups is 1. The van der Waals surface area contributed by atoms with E-state index in [-0.39, 0.29) is 11.5 Å². The summed E-state index contributed by atoms with van der Waals surface area (Å²) in [5, 5.41) is 13.2. The molecule has 0 aliphatic rings. The first-order chi connectivity index (χ1) is 8.97. The van der Waals surface area contributed by atoms with Gasteiger partial charge in [-0.2, -0.15) is 0 Å². The highest BCUT2D eigenvalue weighted by atomic mass is 127. The van der Waals surface area contributed by atoms with Crippen LogP contribution in [0.2, 0.25) is 0 Å². The molecule has 0 atom stereocenters. The largest absolute Gasteiger partial charge is 0.358 e. The van der Waals surface area contributed by atoms with Crippen LogP contribution in [0.4, 0.5) is 11.5 Å². The van der Waals surface area contributed by atoms with Gasteiger partial charge in [0.2, 0.25) is 0 Å². The zero-order chi connectivity index (χ0) is 14.0. The number of hydrogen-bond donors (Lipinski definition) is 2. The molecule has 1 heterocycles. The fraction of sp³-hybridized carbons (Fsp3) is 0.0833. The number of aromatic amines is 1. The topological polar surface area (TPSA) is 88.0 Å². The number of aromatic nitrogens is 1. The second-order valence-electron chi connectivity index (χ2n) is 3.93. The Hall–Kier alpha value is -1.90. The Labute approximate surface area is 122 Å². The van der Waals surface area contributed by atoms with E-state index >= 15 is 0 Å². The average Bonchev–Trinajstić information content (AvgIpc) is 2.83. The molecule has 2 rings (SSSR count). The number of benzene rings is 1. The normalized spacial score (nSPS) is 10.2. The van der Waals surface area contributed by atoms with Gasteiger partial charge in [-0.25, -0.2) is 4.98 Å². The number of nitrogens with zero attached hydrogens (tertiary/aromatic N) is 1. The van der Waals surface area contributed by atoms with Crippen LogP contribution in [0.1, 0.15) is 16.1 Å². The highest BCUT2D eigenvalue weighted by Crippen LogP contribution is 2.18. The van der Waals surface area contributed by atoms with Crippen molar-refractivity contribution in [2.45, 2.75) is 6.92 Å². The van der Waals surface area contributed by atoms with Crippen LogP contribution in [0.5, 0.6) is 0 Å². The Bertz CT molecular complexity index is 651. The Balaban J connectivity index is 2.15. The molecule has 0 spiro atoms. The predicted molar refractivity (Wildman–Crippen MR) is 79.3 cm³/mol. The molecule has 0 aliphatic heterocycles. The van der Waals surface area contributed by atoms with Gasteiger partial charge in [0.05, 0.1) is 0 Å². The van der Waals surface area contributed by atoms with E-state index in [1.54, 1.807) is 6.07 Å². The van der Waals surface area contributed by atoms with Crippen LogP contribution in [0, 0.1) is 20.6 Å². The lowest BCUT2D eigenvalue weighted by atomic mass is 10.2. The van der Waals surface area contributed by atoms with Crippen LogP contribution in [-0.2, 0) is 0 Å². The highest BCUT2D eigenvalue weighted by molar-refractivity contribution is 14.1. The number of anilines is 1. The molecule has 1 aromatic heterocycles. The SMILES string of the molecule is Cc1ccc(NC(=O)c2ccc([N+](=O)[O-])[nH]2)cc1I. The minimum absolute atomic E-state index is 0.155. The van der Waals surface area contributed by atoms with E-state index in [2.05, 4.69) is 32.9 Å². The molecule has 2 aromatic rings. The molecule has 0 unspecified atom stereocenters. The lowest BCUT2D eigenvalue weighted by molar-refractivity contribution is -0.389. The van der Waals surface area contributed by atoms with Crippen LogP contribution in [0.15, 0.2) is 30.3 Å². The maximum atomic E-state index is 11.9. The maximum absolute atomic E-state index is 11.9. The Morgan fingerprint density at radius 3 is 2.68 bits per heavy atom. The van der Waals surface area contributed by atoms with Crippen molar-refractivity contribution < 1.29 is 9.72 Å². The smallest absolute Gasteiger partial charge is 0.321 e. The minimum Gasteiger partial charge on any atom is -0.358 e. The summed E-state index contributed by atoms with van der Waals surface area (Å²) in [4.78, 5) is 24.3. The quantitative estimate of drug-likeness (QED) is 0.494. The third kappa shape index (κ3) is 3.11. The predicted octanol–water partition coefficient (Wildman–Crippen LogP) is 3.09. The van der Waals surface area contributed by atoms with Crippen molar-refractivity contribution in [2.24, 2.45) is 0 Å². The average molecular weight is 371 g/mol. The van der Waals surface area contributed by atoms with Crippen LogP contribution in [0.3, 0.4) is 0 Å². The first kappa shape index (κ1) is 13.5. The molecule has 6 nitrogen and oxygen atoms in total. The number of hydrogen-bond acceptors (Lipinski definition) is 3. The molecule has 2 N–H and O–H groups in total. The van der Waals surface area contributed by atoms with Crippen molar-refractivity contribution in [3.8, 4) is 0 Å². The number of H-pyrrole nitrogens is 1. The summed E-state index contributed by atoms with van der Waals surface area (Å²) < 4.78 is 1.04. The van der Waals surface area contributed by atoms with Gasteiger partial charge >= 0.3 is 5.82 Å². The molecule has 0 aliphatic carbocycles. The zero-order valence-corrected chi connectivity index (χ0v) is 12.1. The first-order valence-corrected chi connectivity index (χ1v) is 6.46. The van der Waals surface area contributed by atoms with Gasteiger partial charge in [0.1, 0.15) is 0 Å². The standard InChI is InChI=1S/C12H10IN3O3/c1-7-2-3-8(6-9(7)13)14-12(17)10-4-5-11(15-10)16(18)19/h2-6,15H,1H3,(H,14,17). The summed E-state index contributed by atoms with van der Waals surface area (Å²) in [6.07, 6.45) is 0. The number of amides is 1. The third-order valence-electron chi connectivity index (χ3n) is 2.54. The van der Waals surface area contributed by atoms with Crippen molar-refractivity contribution in [1.29, 1.82) is 0 Å². The van der Waals surface area contributed by atoms with E-state index in [0.717, 1.165) is 9.13 Å². The Morgan fingerprint density at radius 1 is 1.37 bits per heavy atom. The van der Waals surface area contributed by atoms with Gasteiger partial charge in [0.15, 0.2) is 5.69 Å². The van der Waals surface area contributed by atoms with Gasteiger partial charge in [-0.3, -0.25) is 4.79 Å². The fourth-order valence-corrected chi connectivity index (χ4v) is 2.01. The van der Waals surface area contributed by atoms with Crippen LogP contribution < -0.4 is 5.32 Å². The molecule has 1 aromatic carbocycles. The van der Waals surface area contributed by atoms with Crippen LogP contribution >= 0.6 is 22.6 Å². The Morgan fingerprint density at radius 2 is 2.11 bits per heavy atom. The van der Waals surface area contributed by atoms with E-state index in [4.69, 9.17) is 0 Å². The second kappa shape index (κ2) is 5.39. The van der Waals surface area contributed by atoms with E-state index in [1.807, 2.05) is 19.1 Å². The molecule has 7 heteroatoms. The molecular formula is C12H10IN3O3. The molecule has 1 amide bonds. The molecule has 0 bridgehead atoms. The van der Waals surface area contributed by atoms with Crippen molar-refractivity contribution in [3.63, 3.8) is 0 Å². The Kier molecular flexibility index (Phi) is 3.84. The van der Waals surface area contributed by atoms with Gasteiger partial charge in [-0.05, 0) is 58.2 Å². The van der Waals surface area contributed by atoms with Gasteiger partial charge < -0.3 is 15.4 Å². The molecule has 0 fully saturated rings. The molecule has 0 radical (unpaired) electrons. The van der Waals surface area contributed by atoms with Crippen molar-refractivity contribution >= 4 is 40.0 Å². The van der Waals surface area contributed by atoms with Gasteiger partial charge in [-0.15, -0.1) is 0 Å². The number of halogens is 1. The maximum Gasteiger partial charge on any atom is 0.321 e. The van der Waals surface area contributed by atoms with Gasteiger partial charge in [0, 0.05) is 15.3 Å². The number of carbonyl (C=O) groups is 1. The van der Waals surface area contributed by atoms with Crippen molar-refractivity contribution in [2.75, 3.05) is 5.32 Å². The fourth-order valence-electron chi connectivity index (χ4n) is 1.49. The second-order valence-corrected chi connectivity index (χ2v) is 5.09. The molecule has 0 saturated carbocycles. The lowest BCUT2D eigenvalue weighted by Crippen LogP contribution is -2.12. The van der Waals surface area contributed by atoms with E-state index in [1.165, 1.54) is 12.1 Å². The number of nitrogens with one attached hydrogen (secondary N) is 2. The van der Waals surface area contributed by atoms with Crippen molar-refractivity contribution in [1.82, 2.24) is 4.98 Å². The summed E-state index contributed by atoms with van der Waals surface area (Å²) in [5.41, 5.74) is 1.92. The molecule has 98 valence electrons. The van der Waals surface area contributed by atoms with Crippen LogP contribution in [0.25, 0.3) is 0 Å². The zero-order valence-electron chi connectivity index (χ0n) is 9.94. The highest BCUT2D eigenvalue weighted by Gasteiger charge is 2.15. The van der Waals surface area contributed by atoms with E-state index < -0.39 is 10.8 Å². The van der Waals surface area contributed by atoms with E-state index in [9.17, 15) is 14.9 Å².